The molecule has 0 aliphatic carbocycles. The van der Waals surface area contributed by atoms with Gasteiger partial charge in [-0.1, -0.05) is 18.2 Å². The summed E-state index contributed by atoms with van der Waals surface area (Å²) in [5, 5.41) is 2.47. The fraction of sp³-hybridized carbons (Fsp3) is 0.0500. The van der Waals surface area contributed by atoms with Crippen molar-refractivity contribution in [2.45, 2.75) is 6.42 Å². The molecular weight excluding hydrogens is 368 g/mol. The van der Waals surface area contributed by atoms with E-state index in [1.807, 2.05) is 23.7 Å². The lowest BCUT2D eigenvalue weighted by molar-refractivity contribution is 0.101. The molecule has 1 amide bonds. The van der Waals surface area contributed by atoms with E-state index in [2.05, 4.69) is 15.3 Å². The van der Waals surface area contributed by atoms with Crippen LogP contribution in [0.4, 0.5) is 14.5 Å². The van der Waals surface area contributed by atoms with E-state index in [0.29, 0.717) is 12.1 Å². The second-order valence-electron chi connectivity index (χ2n) is 5.88. The van der Waals surface area contributed by atoms with Crippen molar-refractivity contribution in [2.24, 2.45) is 0 Å². The number of amides is 1. The molecule has 0 aliphatic heterocycles. The number of nitrogens with zero attached hydrogens (tertiary/aromatic N) is 2. The summed E-state index contributed by atoms with van der Waals surface area (Å²) in [4.78, 5) is 20.8. The van der Waals surface area contributed by atoms with E-state index in [1.165, 1.54) is 12.3 Å². The summed E-state index contributed by atoms with van der Waals surface area (Å²) < 4.78 is 28.5. The van der Waals surface area contributed by atoms with Crippen LogP contribution in [0, 0.1) is 11.6 Å². The van der Waals surface area contributed by atoms with Gasteiger partial charge in [0.25, 0.3) is 5.91 Å². The first-order valence-corrected chi connectivity index (χ1v) is 9.01. The third-order valence-electron chi connectivity index (χ3n) is 4.08. The highest BCUT2D eigenvalue weighted by Gasteiger charge is 2.17. The van der Waals surface area contributed by atoms with E-state index in [1.54, 1.807) is 23.5 Å². The number of carbonyl (C=O) groups excluding carboxylic acids is 1. The lowest BCUT2D eigenvalue weighted by atomic mass is 10.1. The summed E-state index contributed by atoms with van der Waals surface area (Å²) in [6.45, 7) is 0. The normalized spacial score (nSPS) is 10.9. The molecule has 0 bridgehead atoms. The maximum Gasteiger partial charge on any atom is 0.261 e. The minimum atomic E-state index is -0.908. The molecule has 2 heterocycles. The van der Waals surface area contributed by atoms with Gasteiger partial charge in [0, 0.05) is 12.1 Å². The van der Waals surface area contributed by atoms with E-state index >= 15 is 0 Å². The number of pyridine rings is 1. The number of fused-ring (bicyclic) bond motifs is 1. The Morgan fingerprint density at radius 1 is 1.00 bits per heavy atom. The van der Waals surface area contributed by atoms with Crippen molar-refractivity contribution in [1.82, 2.24) is 9.97 Å². The molecule has 4 aromatic rings. The zero-order valence-electron chi connectivity index (χ0n) is 13.9. The fourth-order valence-corrected chi connectivity index (χ4v) is 3.60. The Kier molecular flexibility index (Phi) is 4.60. The second-order valence-corrected chi connectivity index (χ2v) is 6.74. The van der Waals surface area contributed by atoms with Gasteiger partial charge in [-0.2, -0.15) is 0 Å². The van der Waals surface area contributed by atoms with Gasteiger partial charge in [-0.15, -0.1) is 11.3 Å². The van der Waals surface area contributed by atoms with E-state index < -0.39 is 23.1 Å². The van der Waals surface area contributed by atoms with Gasteiger partial charge in [-0.25, -0.2) is 13.8 Å². The minimum Gasteiger partial charge on any atom is -0.320 e. The molecule has 134 valence electrons. The Morgan fingerprint density at radius 2 is 1.78 bits per heavy atom. The molecule has 0 aliphatic rings. The topological polar surface area (TPSA) is 54.9 Å². The maximum absolute atomic E-state index is 13.7. The summed E-state index contributed by atoms with van der Waals surface area (Å²) in [6.07, 6.45) is 2.09. The smallest absolute Gasteiger partial charge is 0.261 e. The van der Waals surface area contributed by atoms with Gasteiger partial charge < -0.3 is 5.32 Å². The van der Waals surface area contributed by atoms with Gasteiger partial charge in [0.15, 0.2) is 0 Å². The highest BCUT2D eigenvalue weighted by atomic mass is 32.1. The standard InChI is InChI=1S/C20H13F2N3OS/c21-15-4-2-5-16(22)18(15)20(26)25-14-8-7-13(23-10-14)9-12-3-1-6-17-19(12)27-11-24-17/h1-8,10-11H,9H2,(H,25,26). The number of anilines is 1. The number of aromatic nitrogens is 2. The quantitative estimate of drug-likeness (QED) is 0.552. The largest absolute Gasteiger partial charge is 0.320 e. The summed E-state index contributed by atoms with van der Waals surface area (Å²) in [7, 11) is 0. The Balaban J connectivity index is 1.51. The van der Waals surface area contributed by atoms with Crippen molar-refractivity contribution in [2.75, 3.05) is 5.32 Å². The predicted octanol–water partition coefficient (Wildman–Crippen LogP) is 4.81. The molecule has 7 heteroatoms. The first-order chi connectivity index (χ1) is 13.1. The Morgan fingerprint density at radius 3 is 2.52 bits per heavy atom. The third-order valence-corrected chi connectivity index (χ3v) is 5.00. The number of hydrogen-bond acceptors (Lipinski definition) is 4. The summed E-state index contributed by atoms with van der Waals surface area (Å²) in [5.41, 5.74) is 4.44. The van der Waals surface area contributed by atoms with Crippen LogP contribution in [0.5, 0.6) is 0 Å². The first-order valence-electron chi connectivity index (χ1n) is 8.13. The van der Waals surface area contributed by atoms with E-state index in [9.17, 15) is 13.6 Å². The van der Waals surface area contributed by atoms with Crippen molar-refractivity contribution in [3.63, 3.8) is 0 Å². The SMILES string of the molecule is O=C(Nc1ccc(Cc2cccc3ncsc23)nc1)c1c(F)cccc1F. The van der Waals surface area contributed by atoms with Crippen LogP contribution in [0.1, 0.15) is 21.6 Å². The average molecular weight is 381 g/mol. The van der Waals surface area contributed by atoms with Gasteiger partial charge in [0.1, 0.15) is 17.2 Å². The number of thiazole rings is 1. The zero-order valence-corrected chi connectivity index (χ0v) is 14.8. The van der Waals surface area contributed by atoms with E-state index in [4.69, 9.17) is 0 Å². The average Bonchev–Trinajstić information content (AvgIpc) is 3.13. The number of benzene rings is 2. The monoisotopic (exact) mass is 381 g/mol. The lowest BCUT2D eigenvalue weighted by Gasteiger charge is -2.08. The van der Waals surface area contributed by atoms with Crippen molar-refractivity contribution in [1.29, 1.82) is 0 Å². The van der Waals surface area contributed by atoms with Gasteiger partial charge >= 0.3 is 0 Å². The highest BCUT2D eigenvalue weighted by molar-refractivity contribution is 7.16. The molecule has 0 atom stereocenters. The molecule has 1 N–H and O–H groups in total. The summed E-state index contributed by atoms with van der Waals surface area (Å²) in [5.74, 6) is -2.67. The third kappa shape index (κ3) is 3.54. The Bertz CT molecular complexity index is 1110. The van der Waals surface area contributed by atoms with Crippen LogP contribution in [-0.2, 0) is 6.42 Å². The van der Waals surface area contributed by atoms with Gasteiger partial charge in [-0.05, 0) is 35.9 Å². The van der Waals surface area contributed by atoms with Crippen molar-refractivity contribution in [3.05, 3.63) is 88.7 Å². The van der Waals surface area contributed by atoms with Gasteiger partial charge in [0.2, 0.25) is 0 Å². The van der Waals surface area contributed by atoms with Crippen molar-refractivity contribution >= 4 is 33.1 Å². The molecule has 4 rings (SSSR count). The van der Waals surface area contributed by atoms with Crippen LogP contribution < -0.4 is 5.32 Å². The lowest BCUT2D eigenvalue weighted by Crippen LogP contribution is -2.16. The number of carbonyl (C=O) groups is 1. The van der Waals surface area contributed by atoms with Crippen LogP contribution in [0.3, 0.4) is 0 Å². The Hall–Kier alpha value is -3.19. The molecular formula is C20H13F2N3OS. The molecule has 0 saturated heterocycles. The van der Waals surface area contributed by atoms with E-state index in [0.717, 1.165) is 33.6 Å². The number of nitrogens with one attached hydrogen (secondary N) is 1. The zero-order chi connectivity index (χ0) is 18.8. The molecule has 0 saturated carbocycles. The molecule has 0 fully saturated rings. The molecule has 27 heavy (non-hydrogen) atoms. The molecule has 0 radical (unpaired) electrons. The molecule has 0 unspecified atom stereocenters. The van der Waals surface area contributed by atoms with Crippen molar-refractivity contribution in [3.8, 4) is 0 Å². The van der Waals surface area contributed by atoms with Gasteiger partial charge in [-0.3, -0.25) is 9.78 Å². The maximum atomic E-state index is 13.7. The predicted molar refractivity (Wildman–Crippen MR) is 101 cm³/mol. The second kappa shape index (κ2) is 7.20. The van der Waals surface area contributed by atoms with Crippen LogP contribution in [0.2, 0.25) is 0 Å². The van der Waals surface area contributed by atoms with Crippen LogP contribution in [0.15, 0.2) is 60.2 Å². The number of hydrogen-bond donors (Lipinski definition) is 1. The number of halogens is 2. The molecule has 2 aromatic heterocycles. The van der Waals surface area contributed by atoms with E-state index in [-0.39, 0.29) is 0 Å². The fourth-order valence-electron chi connectivity index (χ4n) is 2.79. The minimum absolute atomic E-state index is 0.363. The number of rotatable bonds is 4. The molecule has 2 aromatic carbocycles. The Labute approximate surface area is 157 Å². The van der Waals surface area contributed by atoms with Crippen LogP contribution in [-0.4, -0.2) is 15.9 Å². The van der Waals surface area contributed by atoms with Crippen LogP contribution >= 0.6 is 11.3 Å². The molecule has 4 nitrogen and oxygen atoms in total. The summed E-state index contributed by atoms with van der Waals surface area (Å²) >= 11 is 1.58. The highest BCUT2D eigenvalue weighted by Crippen LogP contribution is 2.24. The van der Waals surface area contributed by atoms with Crippen LogP contribution in [0.25, 0.3) is 10.2 Å². The summed E-state index contributed by atoms with van der Waals surface area (Å²) in [6, 6.07) is 12.7. The van der Waals surface area contributed by atoms with Gasteiger partial charge in [0.05, 0.1) is 27.6 Å². The van der Waals surface area contributed by atoms with Crippen molar-refractivity contribution < 1.29 is 13.6 Å². The molecule has 0 spiro atoms. The first kappa shape index (κ1) is 17.2.